The maximum absolute atomic E-state index is 15.6. The first-order valence-electron chi connectivity index (χ1n) is 19.5. The molecule has 1 N–H and O–H groups in total. The average molecular weight is 882 g/mol. The molecule has 0 amide bonds. The van der Waals surface area contributed by atoms with Crippen LogP contribution in [-0.4, -0.2) is 92.1 Å². The second-order valence-electron chi connectivity index (χ2n) is 14.8. The minimum absolute atomic E-state index is 0.0499. The van der Waals surface area contributed by atoms with Crippen LogP contribution in [0.4, 0.5) is 17.6 Å². The number of ketones is 2. The Morgan fingerprint density at radius 3 is 1.88 bits per heavy atom. The quantitative estimate of drug-likeness (QED) is 0.0556. The number of hydrogen-bond donors (Lipinski definition) is 1. The summed E-state index contributed by atoms with van der Waals surface area (Å²) in [5.41, 5.74) is 3.58. The largest absolute Gasteiger partial charge is 0.411 e. The van der Waals surface area contributed by atoms with Crippen LogP contribution in [0, 0.1) is 23.3 Å². The van der Waals surface area contributed by atoms with Crippen molar-refractivity contribution in [1.29, 1.82) is 0 Å². The van der Waals surface area contributed by atoms with Gasteiger partial charge >= 0.3 is 0 Å². The van der Waals surface area contributed by atoms with E-state index in [1.807, 2.05) is 0 Å². The molecule has 1 atom stereocenters. The smallest absolute Gasteiger partial charge is 0.227 e. The van der Waals surface area contributed by atoms with E-state index in [9.17, 15) is 14.0 Å². The monoisotopic (exact) mass is 881 g/mol. The fraction of sp³-hybridized carbons (Fsp3) is 0.140. The number of benzene rings is 2. The van der Waals surface area contributed by atoms with Gasteiger partial charge in [0.25, 0.3) is 0 Å². The number of aromatic nitrogens is 14. The van der Waals surface area contributed by atoms with Crippen molar-refractivity contribution in [3.63, 3.8) is 0 Å². The molecule has 324 valence electrons. The van der Waals surface area contributed by atoms with E-state index in [2.05, 4.69) is 55.9 Å². The normalized spacial score (nSPS) is 12.1. The van der Waals surface area contributed by atoms with E-state index in [0.29, 0.717) is 23.0 Å². The number of aryl methyl sites for hydroxylation is 2. The Morgan fingerprint density at radius 1 is 0.708 bits per heavy atom. The summed E-state index contributed by atoms with van der Waals surface area (Å²) >= 11 is 0. The van der Waals surface area contributed by atoms with Gasteiger partial charge in [0.2, 0.25) is 5.78 Å². The molecule has 0 aliphatic rings. The molecular formula is C43H31F4N15O3. The van der Waals surface area contributed by atoms with E-state index < -0.39 is 35.0 Å². The summed E-state index contributed by atoms with van der Waals surface area (Å²) in [4.78, 5) is 32.1. The number of carbonyl (C=O) groups excluding carboxylic acids is 2. The molecule has 8 heterocycles. The molecule has 0 saturated heterocycles. The predicted molar refractivity (Wildman–Crippen MR) is 224 cm³/mol. The molecule has 65 heavy (non-hydrogen) atoms. The molecule has 0 radical (unpaired) electrons. The van der Waals surface area contributed by atoms with Crippen LogP contribution < -0.4 is 0 Å². The lowest BCUT2D eigenvalue weighted by Gasteiger charge is -2.14. The number of nitrogens with zero attached hydrogens (tertiary/aromatic N) is 15. The van der Waals surface area contributed by atoms with E-state index in [1.165, 1.54) is 46.4 Å². The molecule has 0 aliphatic carbocycles. The highest BCUT2D eigenvalue weighted by molar-refractivity contribution is 6.34. The van der Waals surface area contributed by atoms with Crippen molar-refractivity contribution in [3.8, 4) is 22.3 Å². The molecule has 2 aromatic carbocycles. The third-order valence-electron chi connectivity index (χ3n) is 10.5. The molecule has 0 fully saturated rings. The molecule has 10 aromatic rings. The van der Waals surface area contributed by atoms with Crippen molar-refractivity contribution in [1.82, 2.24) is 69.2 Å². The van der Waals surface area contributed by atoms with Crippen molar-refractivity contribution in [3.05, 3.63) is 143 Å². The summed E-state index contributed by atoms with van der Waals surface area (Å²) in [6.45, 7) is 3.00. The molecule has 0 spiro atoms. The van der Waals surface area contributed by atoms with Crippen molar-refractivity contribution in [2.24, 2.45) is 19.3 Å². The van der Waals surface area contributed by atoms with E-state index in [-0.39, 0.29) is 73.8 Å². The summed E-state index contributed by atoms with van der Waals surface area (Å²) in [5, 5.41) is 44.1. The van der Waals surface area contributed by atoms with Crippen LogP contribution in [0.15, 0.2) is 90.9 Å². The van der Waals surface area contributed by atoms with Gasteiger partial charge in [0.15, 0.2) is 28.7 Å². The van der Waals surface area contributed by atoms with Crippen LogP contribution >= 0.6 is 0 Å². The summed E-state index contributed by atoms with van der Waals surface area (Å²) in [7, 11) is 3.54. The van der Waals surface area contributed by atoms with E-state index >= 15 is 13.2 Å². The topological polar surface area (TPSA) is 214 Å². The highest BCUT2D eigenvalue weighted by Gasteiger charge is 2.26. The average Bonchev–Trinajstić information content (AvgIpc) is 4.12. The molecule has 0 aliphatic heterocycles. The molecule has 22 heteroatoms. The second kappa shape index (κ2) is 16.5. The third kappa shape index (κ3) is 7.76. The third-order valence-corrected chi connectivity index (χ3v) is 10.5. The first-order valence-corrected chi connectivity index (χ1v) is 19.5. The van der Waals surface area contributed by atoms with Crippen LogP contribution in [0.25, 0.3) is 55.4 Å². The zero-order chi connectivity index (χ0) is 45.7. The van der Waals surface area contributed by atoms with Crippen molar-refractivity contribution in [2.45, 2.75) is 26.2 Å². The SMILES string of the molecule is CC(=O)c1ccc2nnc(C(C)c3c(F)cc4ncc(-c5cnn(C)c5)cc4c3F)n2n1.Cn1cc(-c2cnc3cc(F)c(Cc4nnc5ccc(C(=O)/C=N/O)nn45)c(F)c3c2)cn1. The molecule has 0 bridgehead atoms. The Kier molecular flexibility index (Phi) is 10.6. The van der Waals surface area contributed by atoms with Gasteiger partial charge < -0.3 is 5.21 Å². The van der Waals surface area contributed by atoms with Gasteiger partial charge in [-0.25, -0.2) is 17.6 Å². The minimum atomic E-state index is -0.828. The summed E-state index contributed by atoms with van der Waals surface area (Å²) in [6.07, 6.45) is 10.3. The molecular weight excluding hydrogens is 851 g/mol. The number of oxime groups is 1. The highest BCUT2D eigenvalue weighted by atomic mass is 19.1. The Balaban J connectivity index is 0.000000164. The van der Waals surface area contributed by atoms with Crippen LogP contribution in [0.5, 0.6) is 0 Å². The molecule has 10 rings (SSSR count). The van der Waals surface area contributed by atoms with Crippen molar-refractivity contribution < 1.29 is 32.4 Å². The Labute approximate surface area is 362 Å². The number of carbonyl (C=O) groups is 2. The molecule has 0 saturated carbocycles. The minimum Gasteiger partial charge on any atom is -0.411 e. The Hall–Kier alpha value is -8.69. The lowest BCUT2D eigenvalue weighted by atomic mass is 9.96. The highest BCUT2D eigenvalue weighted by Crippen LogP contribution is 2.34. The van der Waals surface area contributed by atoms with Gasteiger partial charge in [-0.1, -0.05) is 12.1 Å². The van der Waals surface area contributed by atoms with Gasteiger partial charge in [0.05, 0.1) is 23.4 Å². The van der Waals surface area contributed by atoms with Gasteiger partial charge in [0, 0.05) is 114 Å². The first kappa shape index (κ1) is 41.7. The fourth-order valence-corrected chi connectivity index (χ4v) is 7.21. The standard InChI is InChI=1S/C22H17F2N7O.C21H14F2N8O2/c1-11(22-28-27-19-5-4-17(12(2)32)29-31(19)22)20-16(23)7-18-15(21(20)24)6-13(8-25-18)14-9-26-30(3)10-14;1-30-10-12(8-25-30)11-4-14-17(24-7-11)6-15(22)13(21(14)23)5-20-28-27-19-3-2-16(29-31(19)20)18(32)9-26-33/h4-11H,1-3H3;2-4,6-10,33H,5H2,1H3/b;26-9+. The Morgan fingerprint density at radius 2 is 1.28 bits per heavy atom. The number of halogens is 4. The van der Waals surface area contributed by atoms with Crippen LogP contribution in [-0.2, 0) is 20.5 Å². The Bertz CT molecular complexity index is 3560. The van der Waals surface area contributed by atoms with Crippen molar-refractivity contribution in [2.75, 3.05) is 0 Å². The van der Waals surface area contributed by atoms with Crippen LogP contribution in [0.3, 0.4) is 0 Å². The van der Waals surface area contributed by atoms with Gasteiger partial charge in [-0.2, -0.15) is 29.4 Å². The maximum Gasteiger partial charge on any atom is 0.227 e. The number of hydrogen-bond acceptors (Lipinski definition) is 14. The van der Waals surface area contributed by atoms with Gasteiger partial charge in [-0.3, -0.25) is 28.9 Å². The predicted octanol–water partition coefficient (Wildman–Crippen LogP) is 6.29. The van der Waals surface area contributed by atoms with E-state index in [0.717, 1.165) is 17.2 Å². The molecule has 1 unspecified atom stereocenters. The lowest BCUT2D eigenvalue weighted by molar-refractivity contribution is 0.101. The van der Waals surface area contributed by atoms with E-state index in [1.54, 1.807) is 79.6 Å². The van der Waals surface area contributed by atoms with Gasteiger partial charge in [-0.15, -0.1) is 20.4 Å². The molecule has 18 nitrogen and oxygen atoms in total. The zero-order valence-electron chi connectivity index (χ0n) is 34.4. The molecule has 8 aromatic heterocycles. The lowest BCUT2D eigenvalue weighted by Crippen LogP contribution is -2.11. The zero-order valence-corrected chi connectivity index (χ0v) is 34.4. The fourth-order valence-electron chi connectivity index (χ4n) is 7.21. The number of rotatable bonds is 9. The van der Waals surface area contributed by atoms with Crippen LogP contribution in [0.1, 0.15) is 63.5 Å². The maximum atomic E-state index is 15.6. The summed E-state index contributed by atoms with van der Waals surface area (Å²) in [5.74, 6) is -4.43. The number of fused-ring (bicyclic) bond motifs is 4. The van der Waals surface area contributed by atoms with Crippen molar-refractivity contribution >= 4 is 50.9 Å². The number of Topliss-reactive ketones (excluding diaryl/α,β-unsaturated/α-hetero) is 2. The second-order valence-corrected chi connectivity index (χ2v) is 14.8. The van der Waals surface area contributed by atoms with Gasteiger partial charge in [-0.05, 0) is 36.4 Å². The van der Waals surface area contributed by atoms with Crippen LogP contribution in [0.2, 0.25) is 0 Å². The first-order chi connectivity index (χ1) is 31.3. The summed E-state index contributed by atoms with van der Waals surface area (Å²) < 4.78 is 66.8. The summed E-state index contributed by atoms with van der Waals surface area (Å²) in [6, 6.07) is 11.5. The number of pyridine rings is 2. The van der Waals surface area contributed by atoms with E-state index in [4.69, 9.17) is 5.21 Å². The van der Waals surface area contributed by atoms with Gasteiger partial charge in [0.1, 0.15) is 40.9 Å².